The highest BCUT2D eigenvalue weighted by molar-refractivity contribution is 6.19. The van der Waals surface area contributed by atoms with Gasteiger partial charge in [0.2, 0.25) is 5.91 Å². The Morgan fingerprint density at radius 1 is 0.822 bits per heavy atom. The largest absolute Gasteiger partial charge is 0.497 e. The lowest BCUT2D eigenvalue weighted by Crippen LogP contribution is -2.51. The molecular formula is C38H34N2O5. The van der Waals surface area contributed by atoms with Gasteiger partial charge in [-0.1, -0.05) is 65.7 Å². The van der Waals surface area contributed by atoms with Crippen LogP contribution in [0.25, 0.3) is 5.57 Å². The first-order valence-electron chi connectivity index (χ1n) is 15.1. The van der Waals surface area contributed by atoms with Crippen molar-refractivity contribution in [1.82, 2.24) is 0 Å². The molecule has 7 rings (SSSR count). The fourth-order valence-electron chi connectivity index (χ4n) is 7.61. The molecule has 3 heterocycles. The number of methoxy groups -OCH3 is 2. The van der Waals surface area contributed by atoms with Crippen LogP contribution >= 0.6 is 0 Å². The van der Waals surface area contributed by atoms with Gasteiger partial charge in [-0.25, -0.2) is 0 Å². The zero-order valence-electron chi connectivity index (χ0n) is 25.9. The number of Topliss-reactive ketones (excluding diaryl/α,β-unsaturated/α-hetero) is 2. The maximum Gasteiger partial charge on any atom is 0.238 e. The zero-order chi connectivity index (χ0) is 31.6. The van der Waals surface area contributed by atoms with Crippen molar-refractivity contribution in [3.05, 3.63) is 124 Å². The van der Waals surface area contributed by atoms with Crippen LogP contribution in [0.5, 0.6) is 11.5 Å². The summed E-state index contributed by atoms with van der Waals surface area (Å²) < 4.78 is 11.2. The molecule has 7 nitrogen and oxygen atoms in total. The molecule has 7 heteroatoms. The molecule has 226 valence electrons. The fourth-order valence-corrected chi connectivity index (χ4v) is 7.61. The third-order valence-corrected chi connectivity index (χ3v) is 9.69. The lowest BCUT2D eigenvalue weighted by atomic mass is 9.63. The zero-order valence-corrected chi connectivity index (χ0v) is 25.9. The highest BCUT2D eigenvalue weighted by Crippen LogP contribution is 2.59. The van der Waals surface area contributed by atoms with E-state index in [1.54, 1.807) is 30.3 Å². The molecule has 0 aromatic heterocycles. The topological polar surface area (TPSA) is 84.9 Å². The minimum atomic E-state index is -1.42. The molecule has 1 N–H and O–H groups in total. The van der Waals surface area contributed by atoms with Crippen molar-refractivity contribution in [2.75, 3.05) is 24.4 Å². The number of benzene rings is 4. The number of carbonyl (C=O) groups excluding carboxylic acids is 3. The number of aryl methyl sites for hydroxylation is 2. The second-order valence-electron chi connectivity index (χ2n) is 12.2. The van der Waals surface area contributed by atoms with Gasteiger partial charge in [-0.15, -0.1) is 0 Å². The van der Waals surface area contributed by atoms with Gasteiger partial charge >= 0.3 is 0 Å². The van der Waals surface area contributed by atoms with Crippen molar-refractivity contribution in [3.8, 4) is 11.5 Å². The van der Waals surface area contributed by atoms with E-state index in [-0.39, 0.29) is 23.0 Å². The maximum atomic E-state index is 15.3. The smallest absolute Gasteiger partial charge is 0.238 e. The van der Waals surface area contributed by atoms with Crippen LogP contribution in [0.15, 0.2) is 91.0 Å². The highest BCUT2D eigenvalue weighted by atomic mass is 16.5. The van der Waals surface area contributed by atoms with E-state index in [0.717, 1.165) is 28.0 Å². The molecular weight excluding hydrogens is 564 g/mol. The van der Waals surface area contributed by atoms with Crippen molar-refractivity contribution in [1.29, 1.82) is 0 Å². The third-order valence-electron chi connectivity index (χ3n) is 9.69. The summed E-state index contributed by atoms with van der Waals surface area (Å²) in [6.45, 7) is 6.02. The van der Waals surface area contributed by atoms with E-state index in [0.29, 0.717) is 28.3 Å². The first-order valence-corrected chi connectivity index (χ1v) is 15.1. The van der Waals surface area contributed by atoms with Gasteiger partial charge in [0.1, 0.15) is 23.0 Å². The lowest BCUT2D eigenvalue weighted by molar-refractivity contribution is -0.121. The van der Waals surface area contributed by atoms with Gasteiger partial charge in [-0.2, -0.15) is 0 Å². The van der Waals surface area contributed by atoms with Gasteiger partial charge in [0.25, 0.3) is 0 Å². The molecule has 1 fully saturated rings. The number of carbonyl (C=O) groups is 3. The Kier molecular flexibility index (Phi) is 6.66. The predicted molar refractivity (Wildman–Crippen MR) is 175 cm³/mol. The summed E-state index contributed by atoms with van der Waals surface area (Å²) in [5.74, 6) is -1.20. The summed E-state index contributed by atoms with van der Waals surface area (Å²) in [6.07, 6.45) is 2.06. The van der Waals surface area contributed by atoms with Crippen LogP contribution in [-0.4, -0.2) is 43.8 Å². The van der Waals surface area contributed by atoms with E-state index in [1.165, 1.54) is 14.2 Å². The van der Waals surface area contributed by atoms with Crippen molar-refractivity contribution < 1.29 is 23.9 Å². The van der Waals surface area contributed by atoms with Crippen LogP contribution in [0.4, 0.5) is 11.4 Å². The summed E-state index contributed by atoms with van der Waals surface area (Å²) >= 11 is 0. The number of ether oxygens (including phenoxy) is 2. The number of amides is 1. The van der Waals surface area contributed by atoms with Crippen LogP contribution in [0.1, 0.15) is 49.9 Å². The Labute approximate surface area is 262 Å². The second kappa shape index (κ2) is 10.5. The number of anilines is 2. The van der Waals surface area contributed by atoms with E-state index in [2.05, 4.69) is 17.5 Å². The number of para-hydroxylation sites is 1. The average Bonchev–Trinajstić information content (AvgIpc) is 3.52. The fraction of sp³-hybridized carbons (Fsp3) is 0.237. The van der Waals surface area contributed by atoms with Crippen molar-refractivity contribution in [2.24, 2.45) is 5.92 Å². The van der Waals surface area contributed by atoms with Crippen molar-refractivity contribution in [3.63, 3.8) is 0 Å². The van der Waals surface area contributed by atoms with Gasteiger partial charge in [-0.05, 0) is 68.3 Å². The number of fused-ring (bicyclic) bond motifs is 6. The molecule has 0 aliphatic carbocycles. The van der Waals surface area contributed by atoms with E-state index in [4.69, 9.17) is 9.47 Å². The molecule has 0 saturated carbocycles. The first-order chi connectivity index (χ1) is 21.7. The van der Waals surface area contributed by atoms with Crippen molar-refractivity contribution >= 4 is 34.4 Å². The average molecular weight is 599 g/mol. The van der Waals surface area contributed by atoms with Gasteiger partial charge in [0.15, 0.2) is 11.6 Å². The quantitative estimate of drug-likeness (QED) is 0.253. The van der Waals surface area contributed by atoms with Crippen LogP contribution in [0.3, 0.4) is 0 Å². The molecule has 1 amide bonds. The normalized spacial score (nSPS) is 22.7. The molecule has 4 atom stereocenters. The standard InChI is InChI=1S/C38H34N2O5/c1-21-10-13-24(14-11-21)35(41)34-33(36(42)27-20-25(44-4)15-17-31(27)45-5)38(28-8-6-7-9-29(28)39-37(38)43)32-19-23(3)26-18-22(2)12-16-30(26)40(32)34/h6-20,32-34H,1-5H3,(H,39,43)/t32-,33-,34+,38-/m1/s1. The van der Waals surface area contributed by atoms with Crippen LogP contribution < -0.4 is 19.7 Å². The minimum Gasteiger partial charge on any atom is -0.497 e. The summed E-state index contributed by atoms with van der Waals surface area (Å²) in [4.78, 5) is 46.9. The third kappa shape index (κ3) is 4.06. The molecule has 0 bridgehead atoms. The Hall–Kier alpha value is -5.17. The predicted octanol–water partition coefficient (Wildman–Crippen LogP) is 6.57. The van der Waals surface area contributed by atoms with E-state index in [9.17, 15) is 9.59 Å². The van der Waals surface area contributed by atoms with Gasteiger partial charge in [0, 0.05) is 22.5 Å². The molecule has 3 aliphatic rings. The Morgan fingerprint density at radius 2 is 1.56 bits per heavy atom. The SMILES string of the molecule is COc1ccc(OC)c(C(=O)[C@H]2[C@@H](C(=O)c3ccc(C)cc3)N3c4ccc(C)cc4C(C)=C[C@@H]3[C@@]23C(=O)Nc2ccccc23)c1. The van der Waals surface area contributed by atoms with Crippen LogP contribution in [0, 0.1) is 19.8 Å². The van der Waals surface area contributed by atoms with Gasteiger partial charge in [0.05, 0.1) is 31.7 Å². The van der Waals surface area contributed by atoms with Crippen LogP contribution in [-0.2, 0) is 10.2 Å². The summed E-state index contributed by atoms with van der Waals surface area (Å²) in [7, 11) is 3.04. The van der Waals surface area contributed by atoms with E-state index in [1.807, 2.05) is 74.2 Å². The highest BCUT2D eigenvalue weighted by Gasteiger charge is 2.70. The number of allylic oxidation sites excluding steroid dienone is 1. The number of nitrogens with one attached hydrogen (secondary N) is 1. The van der Waals surface area contributed by atoms with E-state index >= 15 is 4.79 Å². The lowest BCUT2D eigenvalue weighted by Gasteiger charge is -2.39. The minimum absolute atomic E-state index is 0.228. The molecule has 45 heavy (non-hydrogen) atoms. The summed E-state index contributed by atoms with van der Waals surface area (Å²) in [5, 5.41) is 3.09. The molecule has 4 aromatic carbocycles. The van der Waals surface area contributed by atoms with Crippen LogP contribution in [0.2, 0.25) is 0 Å². The number of hydrogen-bond donors (Lipinski definition) is 1. The molecule has 0 radical (unpaired) electrons. The molecule has 1 saturated heterocycles. The van der Waals surface area contributed by atoms with Gasteiger partial charge < -0.3 is 19.7 Å². The molecule has 0 unspecified atom stereocenters. The summed E-state index contributed by atoms with van der Waals surface area (Å²) in [6, 6.07) is 24.4. The van der Waals surface area contributed by atoms with Crippen molar-refractivity contribution in [2.45, 2.75) is 38.3 Å². The molecule has 4 aromatic rings. The number of nitrogens with zero attached hydrogens (tertiary/aromatic N) is 1. The first kappa shape index (κ1) is 28.6. The Balaban J connectivity index is 1.57. The second-order valence-corrected chi connectivity index (χ2v) is 12.2. The Bertz CT molecular complexity index is 1930. The molecule has 3 aliphatic heterocycles. The number of rotatable bonds is 6. The number of hydrogen-bond acceptors (Lipinski definition) is 6. The summed E-state index contributed by atoms with van der Waals surface area (Å²) in [5.41, 5.74) is 5.52. The number of ketones is 2. The monoisotopic (exact) mass is 598 g/mol. The van der Waals surface area contributed by atoms with Gasteiger partial charge in [-0.3, -0.25) is 14.4 Å². The Morgan fingerprint density at radius 3 is 2.29 bits per heavy atom. The maximum absolute atomic E-state index is 15.3. The molecule has 1 spiro atoms. The van der Waals surface area contributed by atoms with E-state index < -0.39 is 23.4 Å².